The largest absolute Gasteiger partial charge is 0.351 e. The first kappa shape index (κ1) is 13.5. The summed E-state index contributed by atoms with van der Waals surface area (Å²) in [4.78, 5) is 21.1. The molecule has 0 bridgehead atoms. The summed E-state index contributed by atoms with van der Waals surface area (Å²) in [7, 11) is 0. The minimum atomic E-state index is -0.0310. The first-order chi connectivity index (χ1) is 8.67. The van der Waals surface area contributed by atoms with E-state index in [1.165, 1.54) is 11.3 Å². The van der Waals surface area contributed by atoms with Crippen molar-refractivity contribution >= 4 is 40.2 Å². The molecule has 0 atom stereocenters. The number of aromatic nitrogens is 2. The molecule has 0 spiro atoms. The summed E-state index contributed by atoms with van der Waals surface area (Å²) >= 11 is 8.71. The lowest BCUT2D eigenvalue weighted by Gasteiger charge is -2.00. The van der Waals surface area contributed by atoms with Crippen LogP contribution in [0.3, 0.4) is 0 Å². The van der Waals surface area contributed by atoms with Gasteiger partial charge in [0.1, 0.15) is 5.01 Å². The fourth-order valence-corrected chi connectivity index (χ4v) is 3.12. The van der Waals surface area contributed by atoms with Crippen molar-refractivity contribution in [3.63, 3.8) is 0 Å². The van der Waals surface area contributed by atoms with Gasteiger partial charge in [0, 0.05) is 16.5 Å². The number of carbonyl (C=O) groups excluding carboxylic acids is 1. The number of amides is 1. The highest BCUT2D eigenvalue weighted by atomic mass is 35.5. The smallest absolute Gasteiger partial charge is 0.227 e. The molecule has 1 amide bonds. The van der Waals surface area contributed by atoms with Crippen LogP contribution >= 0.6 is 34.3 Å². The molecule has 2 rings (SSSR count). The number of hydrogen-bond donors (Lipinski definition) is 1. The van der Waals surface area contributed by atoms with Gasteiger partial charge in [-0.3, -0.25) is 4.79 Å². The molecule has 0 saturated heterocycles. The first-order valence-electron chi connectivity index (χ1n) is 5.34. The van der Waals surface area contributed by atoms with Crippen molar-refractivity contribution in [2.45, 2.75) is 25.8 Å². The molecule has 0 aliphatic rings. The van der Waals surface area contributed by atoms with Crippen LogP contribution in [0.5, 0.6) is 0 Å². The maximum absolute atomic E-state index is 11.7. The predicted molar refractivity (Wildman–Crippen MR) is 74.1 cm³/mol. The van der Waals surface area contributed by atoms with Crippen molar-refractivity contribution in [3.8, 4) is 0 Å². The first-order valence-corrected chi connectivity index (χ1v) is 7.57. The molecule has 0 radical (unpaired) electrons. The Morgan fingerprint density at radius 2 is 2.39 bits per heavy atom. The molecule has 2 aromatic rings. The SMILES string of the molecule is Cc1ncc(CNC(=O)Cc2nc(CCl)cs2)s1. The van der Waals surface area contributed by atoms with Gasteiger partial charge in [0.15, 0.2) is 0 Å². The van der Waals surface area contributed by atoms with Crippen molar-refractivity contribution < 1.29 is 4.79 Å². The predicted octanol–water partition coefficient (Wildman–Crippen LogP) is 2.51. The van der Waals surface area contributed by atoms with Gasteiger partial charge >= 0.3 is 0 Å². The third-order valence-electron chi connectivity index (χ3n) is 2.18. The summed E-state index contributed by atoms with van der Waals surface area (Å²) < 4.78 is 0. The second kappa shape index (κ2) is 6.26. The Hall–Kier alpha value is -0.980. The lowest BCUT2D eigenvalue weighted by molar-refractivity contribution is -0.120. The van der Waals surface area contributed by atoms with E-state index in [9.17, 15) is 4.79 Å². The van der Waals surface area contributed by atoms with Gasteiger partial charge in [0.25, 0.3) is 0 Å². The zero-order chi connectivity index (χ0) is 13.0. The maximum atomic E-state index is 11.7. The molecule has 0 aliphatic heterocycles. The molecule has 2 aromatic heterocycles. The quantitative estimate of drug-likeness (QED) is 0.863. The number of carbonyl (C=O) groups is 1. The molecule has 1 N–H and O–H groups in total. The van der Waals surface area contributed by atoms with E-state index in [0.29, 0.717) is 18.8 Å². The molecule has 2 heterocycles. The van der Waals surface area contributed by atoms with Crippen molar-refractivity contribution in [2.24, 2.45) is 0 Å². The number of alkyl halides is 1. The number of thiazole rings is 2. The van der Waals surface area contributed by atoms with E-state index in [0.717, 1.165) is 20.6 Å². The number of aryl methyl sites for hydroxylation is 1. The van der Waals surface area contributed by atoms with Crippen molar-refractivity contribution in [2.75, 3.05) is 0 Å². The van der Waals surface area contributed by atoms with E-state index in [2.05, 4.69) is 15.3 Å². The zero-order valence-electron chi connectivity index (χ0n) is 9.77. The summed E-state index contributed by atoms with van der Waals surface area (Å²) in [6.07, 6.45) is 2.09. The van der Waals surface area contributed by atoms with Crippen LogP contribution < -0.4 is 5.32 Å². The molecule has 0 aliphatic carbocycles. The summed E-state index contributed by atoms with van der Waals surface area (Å²) in [6, 6.07) is 0. The Kier molecular flexibility index (Phi) is 4.68. The van der Waals surface area contributed by atoms with Crippen LogP contribution in [0.25, 0.3) is 0 Å². The van der Waals surface area contributed by atoms with E-state index in [1.807, 2.05) is 12.3 Å². The third kappa shape index (κ3) is 3.76. The van der Waals surface area contributed by atoms with E-state index >= 15 is 0 Å². The number of hydrogen-bond acceptors (Lipinski definition) is 5. The lowest BCUT2D eigenvalue weighted by atomic mass is 10.4. The molecule has 96 valence electrons. The van der Waals surface area contributed by atoms with Gasteiger partial charge in [-0.1, -0.05) is 0 Å². The van der Waals surface area contributed by atoms with Crippen LogP contribution in [0.2, 0.25) is 0 Å². The van der Waals surface area contributed by atoms with Crippen LogP contribution in [0.1, 0.15) is 20.6 Å². The topological polar surface area (TPSA) is 54.9 Å². The molecule has 4 nitrogen and oxygen atoms in total. The second-order valence-electron chi connectivity index (χ2n) is 3.67. The van der Waals surface area contributed by atoms with Gasteiger partial charge in [-0.2, -0.15) is 0 Å². The summed E-state index contributed by atoms with van der Waals surface area (Å²) in [5.41, 5.74) is 0.822. The molecule has 7 heteroatoms. The summed E-state index contributed by atoms with van der Waals surface area (Å²) in [6.45, 7) is 2.47. The van der Waals surface area contributed by atoms with E-state index in [4.69, 9.17) is 11.6 Å². The van der Waals surface area contributed by atoms with Gasteiger partial charge in [-0.05, 0) is 6.92 Å². The Bertz CT molecular complexity index is 538. The molecular weight excluding hydrogens is 290 g/mol. The summed E-state index contributed by atoms with van der Waals surface area (Å²) in [5.74, 6) is 0.356. The highest BCUT2D eigenvalue weighted by Gasteiger charge is 2.08. The monoisotopic (exact) mass is 301 g/mol. The minimum Gasteiger partial charge on any atom is -0.351 e. The fraction of sp³-hybridized carbons (Fsp3) is 0.364. The number of nitrogens with zero attached hydrogens (tertiary/aromatic N) is 2. The second-order valence-corrected chi connectivity index (χ2v) is 6.19. The number of nitrogens with one attached hydrogen (secondary N) is 1. The van der Waals surface area contributed by atoms with Crippen LogP contribution in [0.15, 0.2) is 11.6 Å². The zero-order valence-corrected chi connectivity index (χ0v) is 12.2. The van der Waals surface area contributed by atoms with Gasteiger partial charge in [0.2, 0.25) is 5.91 Å². The molecular formula is C11H12ClN3OS2. The molecule has 0 unspecified atom stereocenters. The van der Waals surface area contributed by atoms with Gasteiger partial charge in [-0.25, -0.2) is 9.97 Å². The van der Waals surface area contributed by atoms with Gasteiger partial charge < -0.3 is 5.32 Å². The van der Waals surface area contributed by atoms with E-state index in [-0.39, 0.29) is 5.91 Å². The maximum Gasteiger partial charge on any atom is 0.227 e. The number of halogens is 1. The molecule has 18 heavy (non-hydrogen) atoms. The van der Waals surface area contributed by atoms with E-state index in [1.54, 1.807) is 17.5 Å². The average molecular weight is 302 g/mol. The highest BCUT2D eigenvalue weighted by Crippen LogP contribution is 2.13. The molecule has 0 saturated carbocycles. The Morgan fingerprint density at radius 3 is 3.00 bits per heavy atom. The standard InChI is InChI=1S/C11H12ClN3OS2/c1-7-13-4-9(18-7)5-14-10(16)2-11-15-8(3-12)6-17-11/h4,6H,2-3,5H2,1H3,(H,14,16). The highest BCUT2D eigenvalue weighted by molar-refractivity contribution is 7.11. The Labute approximate surface area is 118 Å². The van der Waals surface area contributed by atoms with Crippen molar-refractivity contribution in [1.29, 1.82) is 0 Å². The van der Waals surface area contributed by atoms with E-state index < -0.39 is 0 Å². The third-order valence-corrected chi connectivity index (χ3v) is 4.26. The van der Waals surface area contributed by atoms with Crippen LogP contribution in [0.4, 0.5) is 0 Å². The minimum absolute atomic E-state index is 0.0310. The van der Waals surface area contributed by atoms with Crippen molar-refractivity contribution in [1.82, 2.24) is 15.3 Å². The Balaban J connectivity index is 1.81. The van der Waals surface area contributed by atoms with Crippen LogP contribution in [0, 0.1) is 6.92 Å². The van der Waals surface area contributed by atoms with Gasteiger partial charge in [-0.15, -0.1) is 34.3 Å². The molecule has 0 aromatic carbocycles. The van der Waals surface area contributed by atoms with Gasteiger partial charge in [0.05, 0.1) is 29.5 Å². The van der Waals surface area contributed by atoms with Crippen molar-refractivity contribution in [3.05, 3.63) is 32.2 Å². The normalized spacial score (nSPS) is 10.6. The Morgan fingerprint density at radius 1 is 1.56 bits per heavy atom. The fourth-order valence-electron chi connectivity index (χ4n) is 1.36. The summed E-state index contributed by atoms with van der Waals surface area (Å²) in [5, 5.41) is 6.53. The molecule has 0 fully saturated rings. The van der Waals surface area contributed by atoms with Crippen LogP contribution in [-0.4, -0.2) is 15.9 Å². The average Bonchev–Trinajstić information content (AvgIpc) is 2.95. The lowest BCUT2D eigenvalue weighted by Crippen LogP contribution is -2.24. The van der Waals surface area contributed by atoms with Crippen LogP contribution in [-0.2, 0) is 23.6 Å². The number of rotatable bonds is 5.